The lowest BCUT2D eigenvalue weighted by Gasteiger charge is -2.26. The van der Waals surface area contributed by atoms with Crippen molar-refractivity contribution in [2.45, 2.75) is 25.2 Å². The van der Waals surface area contributed by atoms with Crippen molar-refractivity contribution in [2.75, 3.05) is 6.54 Å². The largest absolute Gasteiger partial charge is 0.416 e. The average molecular weight is 334 g/mol. The maximum absolute atomic E-state index is 12.5. The second-order valence-corrected chi connectivity index (χ2v) is 5.75. The number of hydrogen-bond donors (Lipinski definition) is 2. The molecule has 24 heavy (non-hydrogen) atoms. The third kappa shape index (κ3) is 3.59. The predicted molar refractivity (Wildman–Crippen MR) is 84.2 cm³/mol. The summed E-state index contributed by atoms with van der Waals surface area (Å²) < 4.78 is 37.6. The number of alkyl halides is 3. The fourth-order valence-electron chi connectivity index (χ4n) is 2.84. The zero-order valence-corrected chi connectivity index (χ0v) is 12.9. The number of amides is 1. The molecule has 2 aromatic rings. The molecule has 6 heteroatoms. The van der Waals surface area contributed by atoms with Crippen molar-refractivity contribution >= 4 is 5.91 Å². The lowest BCUT2D eigenvalue weighted by molar-refractivity contribution is -0.137. The molecule has 0 saturated carbocycles. The van der Waals surface area contributed by atoms with Crippen LogP contribution in [0.2, 0.25) is 0 Å². The number of halogens is 3. The Kier molecular flexibility index (Phi) is 4.57. The van der Waals surface area contributed by atoms with Gasteiger partial charge in [-0.3, -0.25) is 4.79 Å². The van der Waals surface area contributed by atoms with E-state index in [-0.39, 0.29) is 12.5 Å². The van der Waals surface area contributed by atoms with Crippen LogP contribution < -0.4 is 10.6 Å². The smallest absolute Gasteiger partial charge is 0.350 e. The van der Waals surface area contributed by atoms with Gasteiger partial charge in [0, 0.05) is 13.1 Å². The van der Waals surface area contributed by atoms with Crippen LogP contribution in [0.1, 0.15) is 28.3 Å². The standard InChI is InChI=1S/C18H17F3N2O/c19-18(20,21)14-7-5-12(6-8-14)11-23-17(24)16-15-4-2-1-3-13(15)9-10-22-16/h1-8,16,22H,9-11H2,(H,23,24). The van der Waals surface area contributed by atoms with Gasteiger partial charge < -0.3 is 10.6 Å². The maximum atomic E-state index is 12.5. The van der Waals surface area contributed by atoms with Gasteiger partial charge in [0.1, 0.15) is 6.04 Å². The fraction of sp³-hybridized carbons (Fsp3) is 0.278. The number of hydrogen-bond acceptors (Lipinski definition) is 2. The third-order valence-electron chi connectivity index (χ3n) is 4.12. The van der Waals surface area contributed by atoms with E-state index in [9.17, 15) is 18.0 Å². The minimum absolute atomic E-state index is 0.179. The Morgan fingerprint density at radius 2 is 1.83 bits per heavy atom. The number of rotatable bonds is 3. The van der Waals surface area contributed by atoms with Gasteiger partial charge in [-0.15, -0.1) is 0 Å². The molecule has 0 saturated heterocycles. The molecule has 0 bridgehead atoms. The molecule has 2 aromatic carbocycles. The SMILES string of the molecule is O=C(NCc1ccc(C(F)(F)F)cc1)C1NCCc2ccccc21. The summed E-state index contributed by atoms with van der Waals surface area (Å²) in [6, 6.07) is 12.1. The van der Waals surface area contributed by atoms with Gasteiger partial charge in [0.15, 0.2) is 0 Å². The number of fused-ring (bicyclic) bond motifs is 1. The molecule has 2 N–H and O–H groups in total. The Morgan fingerprint density at radius 1 is 1.12 bits per heavy atom. The van der Waals surface area contributed by atoms with Gasteiger partial charge in [0.25, 0.3) is 0 Å². The topological polar surface area (TPSA) is 41.1 Å². The highest BCUT2D eigenvalue weighted by Crippen LogP contribution is 2.29. The van der Waals surface area contributed by atoms with Gasteiger partial charge in [-0.2, -0.15) is 13.2 Å². The van der Waals surface area contributed by atoms with E-state index in [1.807, 2.05) is 24.3 Å². The first kappa shape index (κ1) is 16.5. The summed E-state index contributed by atoms with van der Waals surface area (Å²) in [6.07, 6.45) is -3.48. The minimum atomic E-state index is -4.35. The Labute approximate surface area is 137 Å². The van der Waals surface area contributed by atoms with E-state index < -0.39 is 17.8 Å². The van der Waals surface area contributed by atoms with Crippen LogP contribution in [0.25, 0.3) is 0 Å². The van der Waals surface area contributed by atoms with Crippen LogP contribution in [0, 0.1) is 0 Å². The van der Waals surface area contributed by atoms with Crippen LogP contribution in [-0.2, 0) is 23.9 Å². The molecule has 1 unspecified atom stereocenters. The first-order chi connectivity index (χ1) is 11.4. The summed E-state index contributed by atoms with van der Waals surface area (Å²) >= 11 is 0. The molecule has 0 fully saturated rings. The average Bonchev–Trinajstić information content (AvgIpc) is 2.59. The molecule has 0 aromatic heterocycles. The Bertz CT molecular complexity index is 726. The van der Waals surface area contributed by atoms with Crippen molar-refractivity contribution in [3.8, 4) is 0 Å². The van der Waals surface area contributed by atoms with Crippen molar-refractivity contribution < 1.29 is 18.0 Å². The van der Waals surface area contributed by atoms with E-state index in [2.05, 4.69) is 10.6 Å². The van der Waals surface area contributed by atoms with Crippen molar-refractivity contribution in [1.29, 1.82) is 0 Å². The van der Waals surface area contributed by atoms with Crippen molar-refractivity contribution in [1.82, 2.24) is 10.6 Å². The highest BCUT2D eigenvalue weighted by Gasteiger charge is 2.30. The van der Waals surface area contributed by atoms with Crippen LogP contribution in [0.3, 0.4) is 0 Å². The van der Waals surface area contributed by atoms with Gasteiger partial charge in [-0.1, -0.05) is 36.4 Å². The molecule has 0 spiro atoms. The van der Waals surface area contributed by atoms with E-state index in [0.29, 0.717) is 5.56 Å². The summed E-state index contributed by atoms with van der Waals surface area (Å²) in [6.45, 7) is 0.909. The first-order valence-electron chi connectivity index (χ1n) is 7.70. The Hall–Kier alpha value is -2.34. The summed E-state index contributed by atoms with van der Waals surface area (Å²) in [7, 11) is 0. The van der Waals surface area contributed by atoms with Gasteiger partial charge in [-0.05, 0) is 35.2 Å². The van der Waals surface area contributed by atoms with Crippen LogP contribution in [-0.4, -0.2) is 12.5 Å². The lowest BCUT2D eigenvalue weighted by Crippen LogP contribution is -2.41. The van der Waals surface area contributed by atoms with Gasteiger partial charge in [-0.25, -0.2) is 0 Å². The lowest BCUT2D eigenvalue weighted by atomic mass is 9.94. The number of benzene rings is 2. The highest BCUT2D eigenvalue weighted by atomic mass is 19.4. The molecule has 3 rings (SSSR count). The van der Waals surface area contributed by atoms with E-state index >= 15 is 0 Å². The van der Waals surface area contributed by atoms with E-state index in [1.54, 1.807) is 0 Å². The monoisotopic (exact) mass is 334 g/mol. The van der Waals surface area contributed by atoms with Gasteiger partial charge >= 0.3 is 6.18 Å². The van der Waals surface area contributed by atoms with Gasteiger partial charge in [0.05, 0.1) is 5.56 Å². The molecule has 1 aliphatic heterocycles. The molecule has 3 nitrogen and oxygen atoms in total. The number of carbonyl (C=O) groups excluding carboxylic acids is 1. The van der Waals surface area contributed by atoms with Crippen molar-refractivity contribution in [3.63, 3.8) is 0 Å². The summed E-state index contributed by atoms with van der Waals surface area (Å²) in [5, 5.41) is 5.96. The summed E-state index contributed by atoms with van der Waals surface area (Å²) in [4.78, 5) is 12.4. The van der Waals surface area contributed by atoms with Crippen LogP contribution in [0.4, 0.5) is 13.2 Å². The Morgan fingerprint density at radius 3 is 2.54 bits per heavy atom. The van der Waals surface area contributed by atoms with Crippen molar-refractivity contribution in [3.05, 3.63) is 70.8 Å². The van der Waals surface area contributed by atoms with Gasteiger partial charge in [0.2, 0.25) is 5.91 Å². The molecule has 1 aliphatic rings. The molecule has 0 radical (unpaired) electrons. The fourth-order valence-corrected chi connectivity index (χ4v) is 2.84. The van der Waals surface area contributed by atoms with Crippen molar-refractivity contribution in [2.24, 2.45) is 0 Å². The number of nitrogens with one attached hydrogen (secondary N) is 2. The summed E-state index contributed by atoms with van der Waals surface area (Å²) in [5.41, 5.74) is 2.03. The normalized spacial score (nSPS) is 17.2. The maximum Gasteiger partial charge on any atom is 0.416 e. The predicted octanol–water partition coefficient (Wildman–Crippen LogP) is 3.21. The molecule has 1 heterocycles. The quantitative estimate of drug-likeness (QED) is 0.905. The van der Waals surface area contributed by atoms with Crippen LogP contribution >= 0.6 is 0 Å². The first-order valence-corrected chi connectivity index (χ1v) is 7.70. The zero-order valence-electron chi connectivity index (χ0n) is 12.9. The zero-order chi connectivity index (χ0) is 17.2. The van der Waals surface area contributed by atoms with Crippen LogP contribution in [0.15, 0.2) is 48.5 Å². The second kappa shape index (κ2) is 6.65. The van der Waals surface area contributed by atoms with E-state index in [4.69, 9.17) is 0 Å². The van der Waals surface area contributed by atoms with E-state index in [1.165, 1.54) is 12.1 Å². The van der Waals surface area contributed by atoms with E-state index in [0.717, 1.165) is 36.2 Å². The number of carbonyl (C=O) groups is 1. The highest BCUT2D eigenvalue weighted by molar-refractivity contribution is 5.83. The molecular weight excluding hydrogens is 317 g/mol. The Balaban J connectivity index is 1.64. The molecule has 0 aliphatic carbocycles. The second-order valence-electron chi connectivity index (χ2n) is 5.75. The van der Waals surface area contributed by atoms with Crippen LogP contribution in [0.5, 0.6) is 0 Å². The molecular formula is C18H17F3N2O. The molecule has 1 atom stereocenters. The minimum Gasteiger partial charge on any atom is -0.350 e. The summed E-state index contributed by atoms with van der Waals surface area (Å²) in [5.74, 6) is -0.179. The molecule has 126 valence electrons. The third-order valence-corrected chi connectivity index (χ3v) is 4.12. The molecule has 1 amide bonds.